The Kier molecular flexibility index (Phi) is 5.90. The average Bonchev–Trinajstić information content (AvgIpc) is 2.77. The van der Waals surface area contributed by atoms with Crippen LogP contribution < -0.4 is 11.1 Å². The molecule has 36 heavy (non-hydrogen) atoms. The maximum Gasteiger partial charge on any atom is 0.235 e. The molecule has 12 nitrogen and oxygen atoms in total. The third kappa shape index (κ3) is 3.18. The molecule has 0 bridgehead atoms. The number of carbonyl (C=O) groups excluding carboxylic acids is 6. The number of aliphatic hydroxyl groups excluding tert-OH is 1. The van der Waals surface area contributed by atoms with Crippen molar-refractivity contribution in [2.24, 2.45) is 29.4 Å². The molecule has 8 atom stereocenters. The summed E-state index contributed by atoms with van der Waals surface area (Å²) in [7, 11) is 2.85. The Morgan fingerprint density at radius 3 is 2.25 bits per heavy atom. The third-order valence-electron chi connectivity index (χ3n) is 7.80. The van der Waals surface area contributed by atoms with Crippen LogP contribution in [-0.2, 0) is 24.0 Å². The molecule has 2 fully saturated rings. The second-order valence-electron chi connectivity index (χ2n) is 9.97. The number of aromatic hydroxyl groups is 1. The van der Waals surface area contributed by atoms with Gasteiger partial charge in [-0.05, 0) is 31.6 Å². The number of carbonyl (C=O) groups is 6. The van der Waals surface area contributed by atoms with E-state index in [0.29, 0.717) is 0 Å². The molecule has 0 saturated heterocycles. The predicted molar refractivity (Wildman–Crippen MR) is 122 cm³/mol. The average molecular weight is 501 g/mol. The van der Waals surface area contributed by atoms with Gasteiger partial charge in [0.2, 0.25) is 11.8 Å². The molecule has 12 heteroatoms. The van der Waals surface area contributed by atoms with Crippen molar-refractivity contribution in [3.63, 3.8) is 0 Å². The highest BCUT2D eigenvalue weighted by Gasteiger charge is 2.72. The highest BCUT2D eigenvalue weighted by molar-refractivity contribution is 6.32. The fourth-order valence-electron chi connectivity index (χ4n) is 6.28. The summed E-state index contributed by atoms with van der Waals surface area (Å²) in [4.78, 5) is 78.7. The molecule has 2 amide bonds. The van der Waals surface area contributed by atoms with E-state index in [1.54, 1.807) is 6.92 Å². The lowest BCUT2D eigenvalue weighted by Gasteiger charge is -2.56. The quantitative estimate of drug-likeness (QED) is 0.236. The van der Waals surface area contributed by atoms with Gasteiger partial charge in [0.25, 0.3) is 0 Å². The Labute approximate surface area is 205 Å². The Hall–Kier alpha value is -3.48. The van der Waals surface area contributed by atoms with Crippen LogP contribution in [0, 0.1) is 23.7 Å². The van der Waals surface area contributed by atoms with Crippen molar-refractivity contribution in [2.75, 3.05) is 19.4 Å². The highest BCUT2D eigenvalue weighted by atomic mass is 16.3. The summed E-state index contributed by atoms with van der Waals surface area (Å²) in [6.07, 6.45) is -1.70. The zero-order valence-corrected chi connectivity index (χ0v) is 20.0. The van der Waals surface area contributed by atoms with E-state index in [-0.39, 0.29) is 16.8 Å². The van der Waals surface area contributed by atoms with Crippen molar-refractivity contribution in [1.82, 2.24) is 4.90 Å². The topological polar surface area (TPSA) is 204 Å². The molecule has 1 aromatic rings. The molecule has 0 radical (unpaired) electrons. The molecule has 0 aromatic heterocycles. The van der Waals surface area contributed by atoms with Crippen LogP contribution >= 0.6 is 0 Å². The van der Waals surface area contributed by atoms with E-state index in [2.05, 4.69) is 5.32 Å². The van der Waals surface area contributed by atoms with Crippen molar-refractivity contribution in [2.45, 2.75) is 37.5 Å². The van der Waals surface area contributed by atoms with Gasteiger partial charge in [-0.25, -0.2) is 0 Å². The second-order valence-corrected chi connectivity index (χ2v) is 9.97. The van der Waals surface area contributed by atoms with Crippen molar-refractivity contribution in [1.29, 1.82) is 0 Å². The van der Waals surface area contributed by atoms with Gasteiger partial charge in [0.05, 0.1) is 35.2 Å². The van der Waals surface area contributed by atoms with E-state index < -0.39 is 88.0 Å². The van der Waals surface area contributed by atoms with E-state index in [9.17, 15) is 44.1 Å². The number of nitrogens with two attached hydrogens (primary N) is 1. The van der Waals surface area contributed by atoms with Crippen LogP contribution in [0.4, 0.5) is 5.69 Å². The zero-order chi connectivity index (χ0) is 27.0. The van der Waals surface area contributed by atoms with E-state index >= 15 is 0 Å². The summed E-state index contributed by atoms with van der Waals surface area (Å²) in [6, 6.07) is 1.42. The molecule has 2 unspecified atom stereocenters. The van der Waals surface area contributed by atoms with Crippen molar-refractivity contribution in [3.05, 3.63) is 23.3 Å². The molecule has 3 aliphatic rings. The normalized spacial score (nSPS) is 35.7. The lowest BCUT2D eigenvalue weighted by molar-refractivity contribution is -0.196. The van der Waals surface area contributed by atoms with Crippen molar-refractivity contribution < 1.29 is 44.1 Å². The third-order valence-corrected chi connectivity index (χ3v) is 7.80. The van der Waals surface area contributed by atoms with Crippen LogP contribution in [0.2, 0.25) is 0 Å². The van der Waals surface area contributed by atoms with E-state index in [1.165, 1.54) is 38.1 Å². The molecule has 3 aliphatic carbocycles. The number of benzene rings is 1. The first kappa shape index (κ1) is 25.6. The number of Topliss-reactive ketones (excluding diaryl/α,β-unsaturated/α-hetero) is 4. The number of amides is 2. The number of anilines is 1. The molecule has 4 rings (SSSR count). The number of primary amides is 1. The van der Waals surface area contributed by atoms with E-state index in [4.69, 9.17) is 5.73 Å². The molecule has 0 heterocycles. The number of nitrogens with zero attached hydrogens (tertiary/aromatic N) is 1. The molecular weight excluding hydrogens is 474 g/mol. The minimum absolute atomic E-state index is 0.0820. The number of ketones is 4. The molecule has 192 valence electrons. The number of nitrogens with one attached hydrogen (secondary N) is 1. The van der Waals surface area contributed by atoms with Crippen LogP contribution in [0.1, 0.15) is 35.7 Å². The number of likely N-dealkylation sites (N-methyl/N-ethyl adjacent to an activating group) is 1. The maximum absolute atomic E-state index is 13.8. The summed E-state index contributed by atoms with van der Waals surface area (Å²) >= 11 is 0. The fourth-order valence-corrected chi connectivity index (χ4v) is 6.28. The number of phenols is 1. The Bertz CT molecular complexity index is 1240. The predicted octanol–water partition coefficient (Wildman–Crippen LogP) is -1.64. The van der Waals surface area contributed by atoms with Crippen molar-refractivity contribution in [3.8, 4) is 5.75 Å². The van der Waals surface area contributed by atoms with Crippen LogP contribution in [0.25, 0.3) is 0 Å². The summed E-state index contributed by atoms with van der Waals surface area (Å²) in [5.41, 5.74) is 2.14. The lowest BCUT2D eigenvalue weighted by Crippen LogP contribution is -2.77. The van der Waals surface area contributed by atoms with Gasteiger partial charge in [-0.15, -0.1) is 0 Å². The minimum atomic E-state index is -3.05. The largest absolute Gasteiger partial charge is 0.505 e. The van der Waals surface area contributed by atoms with Gasteiger partial charge in [0.1, 0.15) is 5.75 Å². The zero-order valence-electron chi connectivity index (χ0n) is 20.0. The highest BCUT2D eigenvalue weighted by Crippen LogP contribution is 2.55. The van der Waals surface area contributed by atoms with Gasteiger partial charge in [0, 0.05) is 12.8 Å². The van der Waals surface area contributed by atoms with Crippen LogP contribution in [0.15, 0.2) is 12.1 Å². The Morgan fingerprint density at radius 2 is 1.72 bits per heavy atom. The summed E-state index contributed by atoms with van der Waals surface area (Å²) in [6.45, 7) is 2.80. The van der Waals surface area contributed by atoms with Gasteiger partial charge in [-0.2, -0.15) is 0 Å². The Morgan fingerprint density at radius 1 is 1.11 bits per heavy atom. The number of phenolic OH excluding ortho intramolecular Hbond substituents is 1. The summed E-state index contributed by atoms with van der Waals surface area (Å²) in [5.74, 6) is -14.6. The molecular formula is C24H27N3O9. The number of rotatable bonds is 3. The number of aliphatic hydroxyl groups is 2. The van der Waals surface area contributed by atoms with E-state index in [0.717, 1.165) is 0 Å². The van der Waals surface area contributed by atoms with Gasteiger partial charge in [-0.3, -0.25) is 33.7 Å². The SMILES string of the molecule is CC(=O)Nc1ccc2c(c1O)C(=O)C1C(=O)[C@]3(O)C(=O)C(C(N)=O)C(=O)[C@@H](N(C)C)[C@@H]3[C@@H](O)[C@@H]1[C@H]2C. The van der Waals surface area contributed by atoms with Gasteiger partial charge < -0.3 is 26.4 Å². The first-order chi connectivity index (χ1) is 16.7. The maximum atomic E-state index is 13.8. The molecule has 0 aliphatic heterocycles. The first-order valence-corrected chi connectivity index (χ1v) is 11.3. The van der Waals surface area contributed by atoms with Crippen LogP contribution in [0.3, 0.4) is 0 Å². The van der Waals surface area contributed by atoms with Gasteiger partial charge in [-0.1, -0.05) is 13.0 Å². The monoisotopic (exact) mass is 501 g/mol. The lowest BCUT2D eigenvalue weighted by atomic mass is 9.49. The fraction of sp³-hybridized carbons (Fsp3) is 0.500. The molecule has 6 N–H and O–H groups in total. The Balaban J connectivity index is 1.94. The summed E-state index contributed by atoms with van der Waals surface area (Å²) in [5, 5.41) is 36.2. The summed E-state index contributed by atoms with van der Waals surface area (Å²) < 4.78 is 0. The first-order valence-electron chi connectivity index (χ1n) is 11.3. The molecule has 2 saturated carbocycles. The molecule has 1 aromatic carbocycles. The smallest absolute Gasteiger partial charge is 0.235 e. The van der Waals surface area contributed by atoms with E-state index in [1.807, 2.05) is 0 Å². The molecule has 0 spiro atoms. The second kappa shape index (κ2) is 8.29. The van der Waals surface area contributed by atoms with Crippen LogP contribution in [-0.4, -0.2) is 87.0 Å². The van der Waals surface area contributed by atoms with Crippen LogP contribution in [0.5, 0.6) is 5.75 Å². The van der Waals surface area contributed by atoms with Gasteiger partial charge >= 0.3 is 0 Å². The van der Waals surface area contributed by atoms with Gasteiger partial charge in [0.15, 0.2) is 34.7 Å². The standard InChI is InChI=1S/C24H27N3O9/c1-7-9-5-6-10(26-8(2)28)17(29)12(9)18(30)13-11(7)19(31)15-16(27(3)4)20(32)14(23(25)35)22(34)24(15,36)21(13)33/h5-7,11,13-16,19,29,31,36H,1-4H3,(H2,25,35)(H,26,28)/t7-,11+,13?,14?,15+,16-,19-,24-/m0/s1. The number of hydrogen-bond donors (Lipinski definition) is 5. The number of fused-ring (bicyclic) bond motifs is 3. The number of hydrogen-bond acceptors (Lipinski definition) is 10. The minimum Gasteiger partial charge on any atom is -0.505 e. The van der Waals surface area contributed by atoms with Crippen molar-refractivity contribution >= 4 is 40.6 Å².